The Kier molecular flexibility index (Phi) is 2.55. The van der Waals surface area contributed by atoms with Crippen LogP contribution in [0.25, 0.3) is 0 Å². The summed E-state index contributed by atoms with van der Waals surface area (Å²) >= 11 is 1.59. The van der Waals surface area contributed by atoms with Crippen LogP contribution in [0, 0.1) is 6.92 Å². The van der Waals surface area contributed by atoms with Gasteiger partial charge < -0.3 is 10.1 Å². The van der Waals surface area contributed by atoms with Crippen molar-refractivity contribution >= 4 is 11.3 Å². The van der Waals surface area contributed by atoms with Crippen LogP contribution in [0.4, 0.5) is 0 Å². The molecule has 0 saturated carbocycles. The highest BCUT2D eigenvalue weighted by Crippen LogP contribution is 2.13. The van der Waals surface area contributed by atoms with Gasteiger partial charge in [-0.1, -0.05) is 6.07 Å². The van der Waals surface area contributed by atoms with Crippen molar-refractivity contribution in [3.63, 3.8) is 0 Å². The fourth-order valence-electron chi connectivity index (χ4n) is 1.23. The van der Waals surface area contributed by atoms with Gasteiger partial charge >= 0.3 is 0 Å². The minimum Gasteiger partial charge on any atom is -0.493 e. The van der Waals surface area contributed by atoms with Crippen LogP contribution in [0.5, 0.6) is 5.88 Å². The number of nitrogens with zero attached hydrogens (tertiary/aromatic N) is 1. The van der Waals surface area contributed by atoms with Crippen molar-refractivity contribution < 1.29 is 5.11 Å². The highest BCUT2D eigenvalue weighted by molar-refractivity contribution is 7.09. The Morgan fingerprint density at radius 2 is 2.40 bits per heavy atom. The van der Waals surface area contributed by atoms with Crippen LogP contribution in [-0.4, -0.2) is 15.1 Å². The van der Waals surface area contributed by atoms with Crippen molar-refractivity contribution in [2.24, 2.45) is 0 Å². The molecule has 0 saturated heterocycles. The molecule has 2 N–H and O–H groups in total. The van der Waals surface area contributed by atoms with E-state index in [-0.39, 0.29) is 17.0 Å². The number of aromatic nitrogens is 2. The third kappa shape index (κ3) is 2.07. The van der Waals surface area contributed by atoms with E-state index >= 15 is 0 Å². The largest absolute Gasteiger partial charge is 0.493 e. The maximum atomic E-state index is 11.3. The maximum Gasteiger partial charge on any atom is 0.257 e. The van der Waals surface area contributed by atoms with Gasteiger partial charge in [0, 0.05) is 11.3 Å². The number of thiophene rings is 1. The van der Waals surface area contributed by atoms with Gasteiger partial charge in [-0.3, -0.25) is 4.79 Å². The molecule has 0 aliphatic carbocycles. The van der Waals surface area contributed by atoms with Crippen molar-refractivity contribution in [3.8, 4) is 5.88 Å². The molecule has 0 amide bonds. The van der Waals surface area contributed by atoms with Gasteiger partial charge in [0.1, 0.15) is 5.82 Å². The number of H-pyrrole nitrogens is 1. The van der Waals surface area contributed by atoms with Crippen LogP contribution >= 0.6 is 11.3 Å². The van der Waals surface area contributed by atoms with Gasteiger partial charge in [0.25, 0.3) is 5.56 Å². The van der Waals surface area contributed by atoms with Gasteiger partial charge in [0.15, 0.2) is 0 Å². The molecule has 2 rings (SSSR count). The lowest BCUT2D eigenvalue weighted by Crippen LogP contribution is -2.14. The lowest BCUT2D eigenvalue weighted by atomic mass is 10.3. The van der Waals surface area contributed by atoms with Gasteiger partial charge in [-0.2, -0.15) is 4.98 Å². The Labute approximate surface area is 90.3 Å². The molecule has 0 spiro atoms. The molecule has 78 valence electrons. The average molecular weight is 222 g/mol. The fraction of sp³-hybridized carbons (Fsp3) is 0.200. The Morgan fingerprint density at radius 1 is 1.60 bits per heavy atom. The predicted molar refractivity (Wildman–Crippen MR) is 58.4 cm³/mol. The van der Waals surface area contributed by atoms with E-state index < -0.39 is 0 Å². The predicted octanol–water partition coefficient (Wildman–Crippen LogP) is 1.44. The summed E-state index contributed by atoms with van der Waals surface area (Å²) in [6.07, 6.45) is 0.542. The molecule has 4 nitrogen and oxygen atoms in total. The Hall–Kier alpha value is -1.62. The quantitative estimate of drug-likeness (QED) is 0.808. The molecular weight excluding hydrogens is 212 g/mol. The lowest BCUT2D eigenvalue weighted by Gasteiger charge is -2.01. The van der Waals surface area contributed by atoms with Crippen molar-refractivity contribution in [1.29, 1.82) is 0 Å². The SMILES string of the molecule is Cc1c(O)nc(Cc2cccs2)[nH]c1=O. The smallest absolute Gasteiger partial charge is 0.257 e. The zero-order chi connectivity index (χ0) is 10.8. The summed E-state index contributed by atoms with van der Waals surface area (Å²) in [5, 5.41) is 11.3. The summed E-state index contributed by atoms with van der Waals surface area (Å²) in [5.41, 5.74) is -0.0287. The third-order valence-electron chi connectivity index (χ3n) is 2.10. The Balaban J connectivity index is 2.34. The minimum absolute atomic E-state index is 0.190. The molecule has 0 radical (unpaired) electrons. The van der Waals surface area contributed by atoms with E-state index in [1.165, 1.54) is 6.92 Å². The molecule has 0 unspecified atom stereocenters. The summed E-state index contributed by atoms with van der Waals surface area (Å²) in [5.74, 6) is 0.302. The van der Waals surface area contributed by atoms with Crippen LogP contribution in [0.3, 0.4) is 0 Å². The first-order valence-corrected chi connectivity index (χ1v) is 5.36. The molecule has 0 atom stereocenters. The second-order valence-electron chi connectivity index (χ2n) is 3.22. The molecule has 0 aromatic carbocycles. The van der Waals surface area contributed by atoms with E-state index in [4.69, 9.17) is 0 Å². The highest BCUT2D eigenvalue weighted by Gasteiger charge is 2.06. The number of hydrogen-bond acceptors (Lipinski definition) is 4. The third-order valence-corrected chi connectivity index (χ3v) is 2.97. The first kappa shape index (κ1) is 9.92. The number of aromatic amines is 1. The van der Waals surface area contributed by atoms with E-state index in [0.717, 1.165) is 4.88 Å². The summed E-state index contributed by atoms with van der Waals surface area (Å²) in [6, 6.07) is 3.90. The van der Waals surface area contributed by atoms with Gasteiger partial charge in [-0.25, -0.2) is 0 Å². The van der Waals surface area contributed by atoms with E-state index in [2.05, 4.69) is 9.97 Å². The van der Waals surface area contributed by atoms with Crippen molar-refractivity contribution in [3.05, 3.63) is 44.1 Å². The molecule has 2 aromatic heterocycles. The van der Waals surface area contributed by atoms with Crippen molar-refractivity contribution in [1.82, 2.24) is 9.97 Å². The monoisotopic (exact) mass is 222 g/mol. The number of rotatable bonds is 2. The second-order valence-corrected chi connectivity index (χ2v) is 4.25. The molecular formula is C10H10N2O2S. The van der Waals surface area contributed by atoms with Crippen LogP contribution in [0.2, 0.25) is 0 Å². The van der Waals surface area contributed by atoms with E-state index in [0.29, 0.717) is 12.2 Å². The van der Waals surface area contributed by atoms with Crippen molar-refractivity contribution in [2.75, 3.05) is 0 Å². The zero-order valence-electron chi connectivity index (χ0n) is 8.15. The standard InChI is InChI=1S/C10H10N2O2S/c1-6-9(13)11-8(12-10(6)14)5-7-3-2-4-15-7/h2-4H,5H2,1H3,(H2,11,12,13,14). The molecule has 0 bridgehead atoms. The Bertz CT molecular complexity index is 517. The van der Waals surface area contributed by atoms with E-state index in [1.54, 1.807) is 11.3 Å². The molecule has 0 aliphatic rings. The first-order chi connectivity index (χ1) is 7.16. The lowest BCUT2D eigenvalue weighted by molar-refractivity contribution is 0.443. The van der Waals surface area contributed by atoms with Crippen molar-refractivity contribution in [2.45, 2.75) is 13.3 Å². The normalized spacial score (nSPS) is 10.5. The Morgan fingerprint density at radius 3 is 3.00 bits per heavy atom. The van der Waals surface area contributed by atoms with Crippen LogP contribution in [0.15, 0.2) is 22.3 Å². The minimum atomic E-state index is -0.283. The fourth-order valence-corrected chi connectivity index (χ4v) is 1.94. The summed E-state index contributed by atoms with van der Waals surface area (Å²) < 4.78 is 0. The van der Waals surface area contributed by atoms with Crippen LogP contribution < -0.4 is 5.56 Å². The van der Waals surface area contributed by atoms with E-state index in [9.17, 15) is 9.90 Å². The van der Waals surface area contributed by atoms with E-state index in [1.807, 2.05) is 17.5 Å². The topological polar surface area (TPSA) is 66.0 Å². The first-order valence-electron chi connectivity index (χ1n) is 4.48. The maximum absolute atomic E-state index is 11.3. The van der Waals surface area contributed by atoms with Gasteiger partial charge in [0.05, 0.1) is 5.56 Å². The zero-order valence-corrected chi connectivity index (χ0v) is 8.97. The summed E-state index contributed by atoms with van der Waals surface area (Å²) in [6.45, 7) is 1.54. The summed E-state index contributed by atoms with van der Waals surface area (Å²) in [4.78, 5) is 19.0. The van der Waals surface area contributed by atoms with Crippen LogP contribution in [0.1, 0.15) is 16.3 Å². The molecule has 2 aromatic rings. The van der Waals surface area contributed by atoms with Gasteiger partial charge in [-0.05, 0) is 18.4 Å². The van der Waals surface area contributed by atoms with Crippen LogP contribution in [-0.2, 0) is 6.42 Å². The molecule has 15 heavy (non-hydrogen) atoms. The van der Waals surface area contributed by atoms with Gasteiger partial charge in [0.2, 0.25) is 5.88 Å². The number of nitrogens with one attached hydrogen (secondary N) is 1. The molecule has 0 aliphatic heterocycles. The molecule has 2 heterocycles. The molecule has 5 heteroatoms. The average Bonchev–Trinajstić information content (AvgIpc) is 2.66. The summed E-state index contributed by atoms with van der Waals surface area (Å²) in [7, 11) is 0. The second kappa shape index (κ2) is 3.86. The number of aromatic hydroxyl groups is 1. The number of hydrogen-bond donors (Lipinski definition) is 2. The highest BCUT2D eigenvalue weighted by atomic mass is 32.1. The molecule has 0 fully saturated rings. The van der Waals surface area contributed by atoms with Gasteiger partial charge in [-0.15, -0.1) is 11.3 Å².